The molecule has 2 heterocycles. The van der Waals surface area contributed by atoms with E-state index in [4.69, 9.17) is 9.40 Å². The number of furan rings is 1. The maximum absolute atomic E-state index is 11.8. The van der Waals surface area contributed by atoms with Crippen LogP contribution < -0.4 is 5.19 Å². The number of hydrogen-bond donors (Lipinski definition) is 1. The molecule has 0 atom stereocenters. The molecule has 253 valence electrons. The smallest absolute Gasteiger partial charge is 0.164 e. The van der Waals surface area contributed by atoms with Crippen LogP contribution in [0.25, 0.3) is 44.0 Å². The number of hydrogen-bond acceptors (Lipinski definition) is 4. The molecule has 0 amide bonds. The van der Waals surface area contributed by atoms with E-state index >= 15 is 0 Å². The van der Waals surface area contributed by atoms with E-state index in [1.165, 1.54) is 27.6 Å². The fourth-order valence-electron chi connectivity index (χ4n) is 5.36. The van der Waals surface area contributed by atoms with Gasteiger partial charge in [-0.2, -0.15) is 0 Å². The summed E-state index contributed by atoms with van der Waals surface area (Å²) >= 11 is 0. The molecule has 0 fully saturated rings. The topological polar surface area (TPSA) is 63.3 Å². The maximum Gasteiger partial charge on any atom is 0.164 e. The Kier molecular flexibility index (Phi) is 11.6. The van der Waals surface area contributed by atoms with Gasteiger partial charge in [0.15, 0.2) is 5.78 Å². The summed E-state index contributed by atoms with van der Waals surface area (Å²) in [7, 11) is -1.55. The summed E-state index contributed by atoms with van der Waals surface area (Å²) in [4.78, 5) is 16.6. The second-order valence-electron chi connectivity index (χ2n) is 15.8. The molecular formula is C41H52IrNO3Si-. The van der Waals surface area contributed by atoms with Gasteiger partial charge in [-0.25, -0.2) is 0 Å². The first-order chi connectivity index (χ1) is 21.3. The number of rotatable bonds is 7. The van der Waals surface area contributed by atoms with Crippen molar-refractivity contribution >= 4 is 51.8 Å². The first-order valence-corrected chi connectivity index (χ1v) is 20.0. The average molecular weight is 827 g/mol. The number of fused-ring (bicyclic) bond motifs is 4. The zero-order valence-electron chi connectivity index (χ0n) is 30.3. The third-order valence-corrected chi connectivity index (χ3v) is 11.5. The Morgan fingerprint density at radius 1 is 0.851 bits per heavy atom. The molecule has 1 radical (unpaired) electrons. The van der Waals surface area contributed by atoms with Gasteiger partial charge in [0, 0.05) is 59.7 Å². The predicted molar refractivity (Wildman–Crippen MR) is 199 cm³/mol. The van der Waals surface area contributed by atoms with Crippen LogP contribution in [0.1, 0.15) is 80.7 Å². The van der Waals surface area contributed by atoms with Gasteiger partial charge in [-0.3, -0.25) is 9.78 Å². The Morgan fingerprint density at radius 3 is 2.04 bits per heavy atom. The van der Waals surface area contributed by atoms with Gasteiger partial charge in [0.25, 0.3) is 0 Å². The third-order valence-electron chi connectivity index (χ3n) is 9.46. The molecule has 4 nitrogen and oxygen atoms in total. The molecule has 0 aliphatic carbocycles. The largest absolute Gasteiger partial charge is 0.512 e. The number of nitrogens with zero attached hydrogens (tertiary/aromatic N) is 1. The number of aromatic nitrogens is 1. The summed E-state index contributed by atoms with van der Waals surface area (Å²) in [5.74, 6) is 0.195. The minimum atomic E-state index is -1.55. The van der Waals surface area contributed by atoms with Crippen LogP contribution in [0.5, 0.6) is 0 Å². The summed E-state index contributed by atoms with van der Waals surface area (Å²) in [6.07, 6.45) is 4.89. The summed E-state index contributed by atoms with van der Waals surface area (Å²) in [6.45, 7) is 25.5. The molecule has 0 unspecified atom stereocenters. The Hall–Kier alpha value is -3.05. The predicted octanol–water partition coefficient (Wildman–Crippen LogP) is 11.3. The minimum Gasteiger partial charge on any atom is -0.512 e. The molecule has 0 aliphatic rings. The number of allylic oxidation sites excluding steroid dienone is 2. The van der Waals surface area contributed by atoms with E-state index in [1.807, 2.05) is 47.7 Å². The molecule has 0 saturated heterocycles. The molecule has 3 aromatic carbocycles. The van der Waals surface area contributed by atoms with Crippen molar-refractivity contribution in [1.29, 1.82) is 0 Å². The molecule has 47 heavy (non-hydrogen) atoms. The number of aliphatic hydroxyl groups is 1. The maximum atomic E-state index is 11.8. The number of pyridine rings is 1. The Balaban J connectivity index is 0.000000322. The van der Waals surface area contributed by atoms with Gasteiger partial charge in [-0.05, 0) is 29.5 Å². The number of benzene rings is 3. The molecule has 0 saturated carbocycles. The third kappa shape index (κ3) is 8.16. The van der Waals surface area contributed by atoms with Gasteiger partial charge in [0.2, 0.25) is 0 Å². The van der Waals surface area contributed by atoms with Crippen molar-refractivity contribution in [3.8, 4) is 11.3 Å². The number of ketones is 1. The van der Waals surface area contributed by atoms with Gasteiger partial charge in [0.05, 0.1) is 8.07 Å². The van der Waals surface area contributed by atoms with E-state index in [2.05, 4.69) is 101 Å². The van der Waals surface area contributed by atoms with Gasteiger partial charge in [-0.1, -0.05) is 129 Å². The first-order valence-electron chi connectivity index (χ1n) is 16.5. The zero-order valence-corrected chi connectivity index (χ0v) is 33.7. The van der Waals surface area contributed by atoms with Crippen molar-refractivity contribution < 1.29 is 34.4 Å². The van der Waals surface area contributed by atoms with E-state index in [9.17, 15) is 9.90 Å². The summed E-state index contributed by atoms with van der Waals surface area (Å²) in [5.41, 5.74) is 4.36. The monoisotopic (exact) mass is 827 g/mol. The van der Waals surface area contributed by atoms with Crippen LogP contribution >= 0.6 is 0 Å². The molecule has 6 heteroatoms. The SMILES string of the molecule is CC(C)(C)c1cc(-c2nccc3c2oc2c([Si](C)(C)C)cccc23)[c-]c2ccccc12.CCC(C)(C)C(=O)/C=C(\O)C(C)(C)CC.[Ir]. The van der Waals surface area contributed by atoms with E-state index in [-0.39, 0.29) is 47.9 Å². The van der Waals surface area contributed by atoms with Crippen LogP contribution in [0, 0.1) is 16.9 Å². The number of carbonyl (C=O) groups excluding carboxylic acids is 1. The van der Waals surface area contributed by atoms with E-state index in [0.717, 1.165) is 46.0 Å². The zero-order chi connectivity index (χ0) is 34.2. The van der Waals surface area contributed by atoms with Crippen molar-refractivity contribution in [3.63, 3.8) is 0 Å². The fraction of sp³-hybridized carbons (Fsp3) is 0.415. The Morgan fingerprint density at radius 2 is 1.45 bits per heavy atom. The van der Waals surface area contributed by atoms with Crippen LogP contribution in [0.4, 0.5) is 0 Å². The van der Waals surface area contributed by atoms with Crippen LogP contribution in [0.15, 0.2) is 77.0 Å². The van der Waals surface area contributed by atoms with Crippen molar-refractivity contribution in [3.05, 3.63) is 84.3 Å². The van der Waals surface area contributed by atoms with E-state index in [1.54, 1.807) is 0 Å². The van der Waals surface area contributed by atoms with Crippen LogP contribution in [-0.2, 0) is 30.3 Å². The quantitative estimate of drug-likeness (QED) is 0.0768. The van der Waals surface area contributed by atoms with Crippen molar-refractivity contribution in [1.82, 2.24) is 4.98 Å². The van der Waals surface area contributed by atoms with E-state index in [0.29, 0.717) is 0 Å². The summed E-state index contributed by atoms with van der Waals surface area (Å²) in [6, 6.07) is 23.0. The first kappa shape index (κ1) is 38.4. The average Bonchev–Trinajstić information content (AvgIpc) is 3.38. The van der Waals surface area contributed by atoms with Crippen LogP contribution in [0.3, 0.4) is 0 Å². The number of carbonyl (C=O) groups is 1. The second-order valence-corrected chi connectivity index (χ2v) is 20.9. The molecule has 0 bridgehead atoms. The Bertz CT molecular complexity index is 1920. The van der Waals surface area contributed by atoms with Crippen LogP contribution in [-0.4, -0.2) is 23.9 Å². The minimum absolute atomic E-state index is 0. The van der Waals surface area contributed by atoms with Crippen molar-refractivity contribution in [2.45, 2.75) is 100 Å². The molecular weight excluding hydrogens is 775 g/mol. The second kappa shape index (κ2) is 14.2. The standard InChI is InChI=1S/C28H28NOSi.C13H24O2.Ir/c1-28(2,3)23-17-19(16-18-10-7-8-11-20(18)23)25-27-22(14-15-29-25)21-12-9-13-24(26(21)30-27)31(4,5)6;1-7-12(3,4)10(14)9-11(15)13(5,6)8-2;/h7-15,17H,1-6H3;9,14H,7-8H2,1-6H3;/q-1;;/b;10-9-;. The molecule has 1 N–H and O–H groups in total. The summed E-state index contributed by atoms with van der Waals surface area (Å²) in [5, 5.41) is 15.9. The normalized spacial score (nSPS) is 13.0. The van der Waals surface area contributed by atoms with Gasteiger partial charge in [0.1, 0.15) is 16.9 Å². The van der Waals surface area contributed by atoms with Gasteiger partial charge < -0.3 is 9.52 Å². The molecule has 2 aromatic heterocycles. The Labute approximate surface area is 296 Å². The van der Waals surface area contributed by atoms with E-state index < -0.39 is 8.07 Å². The molecule has 5 aromatic rings. The fourth-order valence-corrected chi connectivity index (χ4v) is 6.82. The van der Waals surface area contributed by atoms with Crippen LogP contribution in [0.2, 0.25) is 19.6 Å². The number of aliphatic hydroxyl groups excluding tert-OH is 1. The molecule has 0 spiro atoms. The number of para-hydroxylation sites is 1. The molecule has 5 rings (SSSR count). The van der Waals surface area contributed by atoms with Gasteiger partial charge >= 0.3 is 0 Å². The van der Waals surface area contributed by atoms with Crippen molar-refractivity contribution in [2.24, 2.45) is 10.8 Å². The van der Waals surface area contributed by atoms with Crippen molar-refractivity contribution in [2.75, 3.05) is 0 Å². The van der Waals surface area contributed by atoms with Gasteiger partial charge in [-0.15, -0.1) is 29.1 Å². The summed E-state index contributed by atoms with van der Waals surface area (Å²) < 4.78 is 6.59. The molecule has 0 aliphatic heterocycles.